The topological polar surface area (TPSA) is 80.4 Å². The van der Waals surface area contributed by atoms with Crippen molar-refractivity contribution in [2.24, 2.45) is 17.8 Å². The van der Waals surface area contributed by atoms with Crippen LogP contribution in [0.1, 0.15) is 64.2 Å². The van der Waals surface area contributed by atoms with Crippen LogP contribution in [0.2, 0.25) is 0 Å². The Bertz CT molecular complexity index is 1030. The monoisotopic (exact) mass is 616 g/mol. The molecule has 0 bridgehead atoms. The predicted octanol–water partition coefficient (Wildman–Crippen LogP) is 2.27. The summed E-state index contributed by atoms with van der Waals surface area (Å²) < 4.78 is 23.2. The van der Waals surface area contributed by atoms with Gasteiger partial charge in [-0.1, -0.05) is 19.3 Å². The number of ether oxygens (including phenoxy) is 1. The van der Waals surface area contributed by atoms with Crippen molar-refractivity contribution in [2.45, 2.75) is 101 Å². The molecule has 0 aromatic heterocycles. The third kappa shape index (κ3) is 6.89. The van der Waals surface area contributed by atoms with Gasteiger partial charge >= 0.3 is 0 Å². The smallest absolute Gasteiger partial charge is 0.256 e. The van der Waals surface area contributed by atoms with E-state index in [-0.39, 0.29) is 41.9 Å². The van der Waals surface area contributed by atoms with Crippen molar-refractivity contribution in [2.75, 3.05) is 73.5 Å². The van der Waals surface area contributed by atoms with E-state index in [4.69, 9.17) is 4.74 Å². The number of nitrogens with zero attached hydrogens (tertiary/aromatic N) is 4. The SMILES string of the molecule is CN(C)CCCCNC(=O)C1=CN2C3CCC4CCCCC4C3OC3C(NCCCN4CCN(C)CC4)C(F)CC(C1=O)C32. The van der Waals surface area contributed by atoms with Crippen LogP contribution in [-0.4, -0.2) is 141 Å². The van der Waals surface area contributed by atoms with Crippen LogP contribution in [0.4, 0.5) is 4.39 Å². The third-order valence-electron chi connectivity index (χ3n) is 11.7. The number of halogens is 1. The van der Waals surface area contributed by atoms with Crippen LogP contribution in [-0.2, 0) is 14.3 Å². The number of unbranched alkanes of at least 4 members (excludes halogenated alkanes) is 1. The van der Waals surface area contributed by atoms with Crippen LogP contribution >= 0.6 is 0 Å². The summed E-state index contributed by atoms with van der Waals surface area (Å²) >= 11 is 0. The number of piperazine rings is 1. The highest BCUT2D eigenvalue weighted by molar-refractivity contribution is 6.20. The lowest BCUT2D eigenvalue weighted by molar-refractivity contribution is -0.220. The summed E-state index contributed by atoms with van der Waals surface area (Å²) in [5.74, 6) is 0.0792. The molecule has 3 aliphatic heterocycles. The maximum Gasteiger partial charge on any atom is 0.256 e. The van der Waals surface area contributed by atoms with E-state index >= 15 is 4.39 Å². The predicted molar refractivity (Wildman–Crippen MR) is 170 cm³/mol. The lowest BCUT2D eigenvalue weighted by Crippen LogP contribution is -2.74. The molecule has 0 aromatic carbocycles. The number of carbonyl (C=O) groups is 2. The molecule has 3 aliphatic carbocycles. The van der Waals surface area contributed by atoms with Crippen molar-refractivity contribution >= 4 is 11.7 Å². The summed E-state index contributed by atoms with van der Waals surface area (Å²) in [5.41, 5.74) is 0.217. The maximum absolute atomic E-state index is 16.2. The molecule has 3 heterocycles. The van der Waals surface area contributed by atoms with Crippen LogP contribution in [0.15, 0.2) is 11.8 Å². The molecule has 0 spiro atoms. The number of morpholine rings is 1. The molecular formula is C34H57FN6O3. The summed E-state index contributed by atoms with van der Waals surface area (Å²) in [6, 6.07) is -0.518. The van der Waals surface area contributed by atoms with E-state index in [2.05, 4.69) is 37.3 Å². The largest absolute Gasteiger partial charge is 0.369 e. The first-order chi connectivity index (χ1) is 21.3. The molecule has 3 saturated carbocycles. The number of Topliss-reactive ketones (excluding diaryl/α,β-unsaturated/α-hetero) is 1. The molecule has 248 valence electrons. The Kier molecular flexibility index (Phi) is 10.6. The summed E-state index contributed by atoms with van der Waals surface area (Å²) in [4.78, 5) is 36.6. The van der Waals surface area contributed by atoms with Crippen LogP contribution in [0.25, 0.3) is 0 Å². The average Bonchev–Trinajstić information content (AvgIpc) is 3.01. The van der Waals surface area contributed by atoms with E-state index in [0.717, 1.165) is 77.9 Å². The van der Waals surface area contributed by atoms with Crippen LogP contribution in [0.5, 0.6) is 0 Å². The zero-order valence-corrected chi connectivity index (χ0v) is 27.4. The van der Waals surface area contributed by atoms with Crippen molar-refractivity contribution in [3.8, 4) is 0 Å². The van der Waals surface area contributed by atoms with Gasteiger partial charge in [-0.25, -0.2) is 4.39 Å². The highest BCUT2D eigenvalue weighted by Gasteiger charge is 2.60. The van der Waals surface area contributed by atoms with Crippen LogP contribution < -0.4 is 10.6 Å². The van der Waals surface area contributed by atoms with Crippen molar-refractivity contribution in [1.82, 2.24) is 30.2 Å². The Labute approximate surface area is 264 Å². The number of carbonyl (C=O) groups excluding carboxylic acids is 2. The van der Waals surface area contributed by atoms with E-state index in [0.29, 0.717) is 18.4 Å². The number of hydrogen-bond acceptors (Lipinski definition) is 8. The molecule has 2 N–H and O–H groups in total. The van der Waals surface area contributed by atoms with Gasteiger partial charge in [0.2, 0.25) is 0 Å². The first-order valence-electron chi connectivity index (χ1n) is 17.7. The first kappa shape index (κ1) is 32.4. The van der Waals surface area contributed by atoms with Gasteiger partial charge in [-0.2, -0.15) is 0 Å². The normalized spacial score (nSPS) is 37.7. The number of rotatable bonds is 11. The van der Waals surface area contributed by atoms with E-state index in [1.807, 2.05) is 20.3 Å². The average molecular weight is 617 g/mol. The molecule has 9 unspecified atom stereocenters. The maximum atomic E-state index is 16.2. The van der Waals surface area contributed by atoms with Gasteiger partial charge in [-0.3, -0.25) is 9.59 Å². The van der Waals surface area contributed by atoms with Gasteiger partial charge in [0.1, 0.15) is 6.17 Å². The van der Waals surface area contributed by atoms with Crippen molar-refractivity contribution < 1.29 is 18.7 Å². The molecular weight excluding hydrogens is 559 g/mol. The molecule has 10 heteroatoms. The lowest BCUT2D eigenvalue weighted by Gasteiger charge is -2.61. The fraction of sp³-hybridized carbons (Fsp3) is 0.882. The van der Waals surface area contributed by atoms with Crippen molar-refractivity contribution in [1.29, 1.82) is 0 Å². The Morgan fingerprint density at radius 3 is 2.61 bits per heavy atom. The lowest BCUT2D eigenvalue weighted by atomic mass is 9.64. The van der Waals surface area contributed by atoms with Gasteiger partial charge in [0.05, 0.1) is 35.9 Å². The number of fused-ring (bicyclic) bond motifs is 4. The summed E-state index contributed by atoms with van der Waals surface area (Å²) in [5, 5.41) is 6.60. The quantitative estimate of drug-likeness (QED) is 0.271. The molecule has 0 radical (unpaired) electrons. The molecule has 6 aliphatic rings. The molecule has 1 amide bonds. The molecule has 2 saturated heterocycles. The fourth-order valence-corrected chi connectivity index (χ4v) is 9.26. The molecule has 44 heavy (non-hydrogen) atoms. The number of alkyl halides is 1. The molecule has 0 aromatic rings. The molecule has 6 rings (SSSR count). The molecule has 9 nitrogen and oxygen atoms in total. The molecule has 9 atom stereocenters. The van der Waals surface area contributed by atoms with E-state index in [1.54, 1.807) is 0 Å². The number of amides is 1. The first-order valence-corrected chi connectivity index (χ1v) is 17.7. The highest BCUT2D eigenvalue weighted by atomic mass is 19.1. The van der Waals surface area contributed by atoms with Gasteiger partial charge < -0.3 is 35.0 Å². The van der Waals surface area contributed by atoms with Gasteiger partial charge in [0, 0.05) is 44.8 Å². The third-order valence-corrected chi connectivity index (χ3v) is 11.7. The molecule has 5 fully saturated rings. The number of hydrogen-bond donors (Lipinski definition) is 2. The zero-order valence-electron chi connectivity index (χ0n) is 27.4. The summed E-state index contributed by atoms with van der Waals surface area (Å²) in [6.45, 7) is 7.62. The van der Waals surface area contributed by atoms with Crippen LogP contribution in [0, 0.1) is 17.8 Å². The standard InChI is InChI=1S/C34H57FN6O3/c1-38(2)15-7-6-13-37-34(43)26-22-41-28-12-11-23-9-4-5-10-24(23)32(28)44-33-29(27(35)21-25(30(33)41)31(26)42)36-14-8-16-40-19-17-39(3)18-20-40/h22-25,27-30,32-33,36H,4-21H2,1-3H3,(H,37,43). The summed E-state index contributed by atoms with van der Waals surface area (Å²) in [6.07, 6.45) is 10.4. The van der Waals surface area contributed by atoms with E-state index < -0.39 is 24.2 Å². The fourth-order valence-electron chi connectivity index (χ4n) is 9.26. The Morgan fingerprint density at radius 1 is 1.02 bits per heavy atom. The van der Waals surface area contributed by atoms with E-state index in [1.165, 1.54) is 25.7 Å². The Hall–Kier alpha value is -1.59. The zero-order chi connectivity index (χ0) is 30.8. The minimum atomic E-state index is -1.19. The summed E-state index contributed by atoms with van der Waals surface area (Å²) in [7, 11) is 6.26. The second-order valence-corrected chi connectivity index (χ2v) is 14.9. The second-order valence-electron chi connectivity index (χ2n) is 14.9. The minimum Gasteiger partial charge on any atom is -0.369 e. The Balaban J connectivity index is 1.18. The minimum absolute atomic E-state index is 0.0238. The second kappa shape index (κ2) is 14.4. The van der Waals surface area contributed by atoms with Gasteiger partial charge in [-0.15, -0.1) is 0 Å². The number of likely N-dealkylation sites (N-methyl/N-ethyl adjacent to an activating group) is 1. The van der Waals surface area contributed by atoms with E-state index in [9.17, 15) is 9.59 Å². The van der Waals surface area contributed by atoms with Crippen molar-refractivity contribution in [3.63, 3.8) is 0 Å². The van der Waals surface area contributed by atoms with Crippen LogP contribution in [0.3, 0.4) is 0 Å². The number of ketones is 1. The van der Waals surface area contributed by atoms with Gasteiger partial charge in [0.25, 0.3) is 5.91 Å². The Morgan fingerprint density at radius 2 is 1.82 bits per heavy atom. The van der Waals surface area contributed by atoms with Crippen molar-refractivity contribution in [3.05, 3.63) is 11.8 Å². The number of nitrogens with one attached hydrogen (secondary N) is 2. The van der Waals surface area contributed by atoms with Gasteiger partial charge in [-0.05, 0) is 97.6 Å². The highest BCUT2D eigenvalue weighted by Crippen LogP contribution is 2.50. The van der Waals surface area contributed by atoms with Gasteiger partial charge in [0.15, 0.2) is 5.78 Å².